The zero-order valence-electron chi connectivity index (χ0n) is 13.5. The Kier molecular flexibility index (Phi) is 4.70. The number of anilines is 1. The molecule has 3 rings (SSSR count). The van der Waals surface area contributed by atoms with Gasteiger partial charge in [0.05, 0.1) is 11.3 Å². The van der Waals surface area contributed by atoms with Crippen LogP contribution in [0.15, 0.2) is 36.7 Å². The number of fused-ring (bicyclic) bond motifs is 1. The summed E-state index contributed by atoms with van der Waals surface area (Å²) in [6.07, 6.45) is 2.81. The molecule has 3 aromatic rings. The number of aromatic amines is 1. The van der Waals surface area contributed by atoms with Gasteiger partial charge in [-0.2, -0.15) is 0 Å². The second-order valence-electron chi connectivity index (χ2n) is 5.43. The molecular weight excluding hydrogens is 366 g/mol. The second-order valence-corrected chi connectivity index (χ2v) is 7.15. The van der Waals surface area contributed by atoms with E-state index < -0.39 is 44.6 Å². The van der Waals surface area contributed by atoms with Crippen LogP contribution >= 0.6 is 0 Å². The Labute approximate surface area is 147 Å². The van der Waals surface area contributed by atoms with Crippen molar-refractivity contribution in [2.75, 3.05) is 17.6 Å². The molecule has 0 atom stereocenters. The number of nitrogens with zero attached hydrogens (tertiary/aromatic N) is 1. The van der Waals surface area contributed by atoms with Crippen molar-refractivity contribution >= 4 is 32.5 Å². The standard InChI is InChI=1S/C16H14F2N4O3S/c1-19-8-26(24,25)22-12-5-4-11(17)13(14(12)18)15(23)10-7-21-16-9(10)3-2-6-20-16/h2-7,19,22H,8H2,1H3,(H,20,21). The number of halogens is 2. The first-order valence-electron chi connectivity index (χ1n) is 7.44. The van der Waals surface area contributed by atoms with E-state index in [-0.39, 0.29) is 5.56 Å². The van der Waals surface area contributed by atoms with E-state index in [1.54, 1.807) is 12.1 Å². The van der Waals surface area contributed by atoms with E-state index in [9.17, 15) is 22.0 Å². The predicted molar refractivity (Wildman–Crippen MR) is 92.4 cm³/mol. The number of ketones is 1. The minimum absolute atomic E-state index is 0.0288. The van der Waals surface area contributed by atoms with Crippen LogP contribution in [-0.4, -0.2) is 37.1 Å². The molecule has 3 N–H and O–H groups in total. The van der Waals surface area contributed by atoms with E-state index >= 15 is 0 Å². The molecule has 10 heteroatoms. The number of carbonyl (C=O) groups is 1. The molecule has 7 nitrogen and oxygen atoms in total. The molecule has 0 spiro atoms. The van der Waals surface area contributed by atoms with Crippen LogP contribution in [0.2, 0.25) is 0 Å². The first-order chi connectivity index (χ1) is 12.3. The van der Waals surface area contributed by atoms with Crippen LogP contribution in [0.1, 0.15) is 15.9 Å². The summed E-state index contributed by atoms with van der Waals surface area (Å²) in [6, 6.07) is 4.93. The molecule has 26 heavy (non-hydrogen) atoms. The molecule has 0 bridgehead atoms. The lowest BCUT2D eigenvalue weighted by Gasteiger charge is -2.11. The number of rotatable bonds is 6. The third kappa shape index (κ3) is 3.28. The number of H-pyrrole nitrogens is 1. The second kappa shape index (κ2) is 6.81. The fourth-order valence-corrected chi connectivity index (χ4v) is 3.46. The van der Waals surface area contributed by atoms with Crippen molar-refractivity contribution in [2.45, 2.75) is 0 Å². The molecule has 0 aliphatic rings. The minimum Gasteiger partial charge on any atom is -0.345 e. The first-order valence-corrected chi connectivity index (χ1v) is 9.09. The number of pyridine rings is 1. The quantitative estimate of drug-likeness (QED) is 0.568. The van der Waals surface area contributed by atoms with Crippen LogP contribution in [0.25, 0.3) is 11.0 Å². The maximum Gasteiger partial charge on any atom is 0.245 e. The fourth-order valence-electron chi connectivity index (χ4n) is 2.51. The Morgan fingerprint density at radius 1 is 1.27 bits per heavy atom. The van der Waals surface area contributed by atoms with Gasteiger partial charge in [0.15, 0.2) is 5.82 Å². The van der Waals surface area contributed by atoms with Gasteiger partial charge < -0.3 is 10.3 Å². The Balaban J connectivity index is 2.07. The van der Waals surface area contributed by atoms with Crippen molar-refractivity contribution in [2.24, 2.45) is 0 Å². The van der Waals surface area contributed by atoms with Gasteiger partial charge in [0, 0.05) is 23.3 Å². The van der Waals surface area contributed by atoms with Gasteiger partial charge in [-0.1, -0.05) is 0 Å². The lowest BCUT2D eigenvalue weighted by molar-refractivity contribution is 0.103. The minimum atomic E-state index is -3.90. The Bertz CT molecular complexity index is 1100. The topological polar surface area (TPSA) is 104 Å². The van der Waals surface area contributed by atoms with Gasteiger partial charge in [-0.15, -0.1) is 0 Å². The number of hydrogen-bond donors (Lipinski definition) is 3. The van der Waals surface area contributed by atoms with Crippen LogP contribution < -0.4 is 10.0 Å². The van der Waals surface area contributed by atoms with Gasteiger partial charge in [0.1, 0.15) is 17.3 Å². The molecule has 0 unspecified atom stereocenters. The van der Waals surface area contributed by atoms with Crippen molar-refractivity contribution < 1.29 is 22.0 Å². The number of hydrogen-bond acceptors (Lipinski definition) is 5. The van der Waals surface area contributed by atoms with Crippen LogP contribution in [0.3, 0.4) is 0 Å². The predicted octanol–water partition coefficient (Wildman–Crippen LogP) is 1.99. The van der Waals surface area contributed by atoms with Crippen molar-refractivity contribution in [3.8, 4) is 0 Å². The highest BCUT2D eigenvalue weighted by atomic mass is 32.2. The maximum absolute atomic E-state index is 14.7. The summed E-state index contributed by atoms with van der Waals surface area (Å²) < 4.78 is 54.5. The SMILES string of the molecule is CNCS(=O)(=O)Nc1ccc(F)c(C(=O)c2c[nH]c3ncccc23)c1F. The summed E-state index contributed by atoms with van der Waals surface area (Å²) in [5, 5.41) is 2.81. The third-order valence-electron chi connectivity index (χ3n) is 3.61. The van der Waals surface area contributed by atoms with E-state index in [1.807, 2.05) is 4.72 Å². The van der Waals surface area contributed by atoms with Gasteiger partial charge in [-0.3, -0.25) is 9.52 Å². The molecule has 2 aromatic heterocycles. The highest BCUT2D eigenvalue weighted by Gasteiger charge is 2.25. The summed E-state index contributed by atoms with van der Waals surface area (Å²) in [5.74, 6) is -3.77. The summed E-state index contributed by atoms with van der Waals surface area (Å²) in [4.78, 5) is 19.5. The molecule has 0 saturated carbocycles. The normalized spacial score (nSPS) is 11.7. The van der Waals surface area contributed by atoms with Gasteiger partial charge in [-0.25, -0.2) is 22.2 Å². The number of carbonyl (C=O) groups excluding carboxylic acids is 1. The van der Waals surface area contributed by atoms with Crippen molar-refractivity contribution in [3.05, 3.63) is 59.4 Å². The highest BCUT2D eigenvalue weighted by Crippen LogP contribution is 2.27. The van der Waals surface area contributed by atoms with E-state index in [2.05, 4.69) is 15.3 Å². The van der Waals surface area contributed by atoms with E-state index in [4.69, 9.17) is 0 Å². The Hall–Kier alpha value is -2.85. The first kappa shape index (κ1) is 18.0. The molecule has 2 heterocycles. The molecule has 0 radical (unpaired) electrons. The van der Waals surface area contributed by atoms with Crippen LogP contribution in [0.4, 0.5) is 14.5 Å². The van der Waals surface area contributed by atoms with E-state index in [0.717, 1.165) is 12.1 Å². The summed E-state index contributed by atoms with van der Waals surface area (Å²) in [7, 11) is -2.50. The molecular formula is C16H14F2N4O3S. The number of nitrogens with one attached hydrogen (secondary N) is 3. The molecule has 0 amide bonds. The highest BCUT2D eigenvalue weighted by molar-refractivity contribution is 7.92. The van der Waals surface area contributed by atoms with Crippen LogP contribution in [-0.2, 0) is 10.0 Å². The van der Waals surface area contributed by atoms with Crippen molar-refractivity contribution in [3.63, 3.8) is 0 Å². The summed E-state index contributed by atoms with van der Waals surface area (Å²) in [6.45, 7) is 0. The Morgan fingerprint density at radius 3 is 2.77 bits per heavy atom. The van der Waals surface area contributed by atoms with Gasteiger partial charge in [-0.05, 0) is 31.3 Å². The van der Waals surface area contributed by atoms with Crippen molar-refractivity contribution in [1.29, 1.82) is 0 Å². The maximum atomic E-state index is 14.7. The lowest BCUT2D eigenvalue weighted by atomic mass is 10.0. The number of aromatic nitrogens is 2. The zero-order chi connectivity index (χ0) is 18.9. The average molecular weight is 380 g/mol. The Morgan fingerprint density at radius 2 is 2.04 bits per heavy atom. The number of benzene rings is 1. The number of sulfonamides is 1. The summed E-state index contributed by atoms with van der Waals surface area (Å²) in [5.41, 5.74) is -0.939. The fraction of sp³-hybridized carbons (Fsp3) is 0.125. The van der Waals surface area contributed by atoms with E-state index in [1.165, 1.54) is 19.4 Å². The van der Waals surface area contributed by atoms with Crippen LogP contribution in [0.5, 0.6) is 0 Å². The average Bonchev–Trinajstić information content (AvgIpc) is 3.01. The lowest BCUT2D eigenvalue weighted by Crippen LogP contribution is -2.26. The van der Waals surface area contributed by atoms with Crippen molar-refractivity contribution in [1.82, 2.24) is 15.3 Å². The molecule has 1 aromatic carbocycles. The monoisotopic (exact) mass is 380 g/mol. The zero-order valence-corrected chi connectivity index (χ0v) is 14.3. The molecule has 136 valence electrons. The third-order valence-corrected chi connectivity index (χ3v) is 4.81. The van der Waals surface area contributed by atoms with Crippen LogP contribution in [0, 0.1) is 11.6 Å². The molecule has 0 aliphatic heterocycles. The molecule has 0 saturated heterocycles. The van der Waals surface area contributed by atoms with E-state index in [0.29, 0.717) is 11.0 Å². The van der Waals surface area contributed by atoms with Gasteiger partial charge >= 0.3 is 0 Å². The van der Waals surface area contributed by atoms with Gasteiger partial charge in [0.2, 0.25) is 15.8 Å². The molecule has 0 aliphatic carbocycles. The largest absolute Gasteiger partial charge is 0.345 e. The smallest absolute Gasteiger partial charge is 0.245 e. The summed E-state index contributed by atoms with van der Waals surface area (Å²) >= 11 is 0. The molecule has 0 fully saturated rings. The van der Waals surface area contributed by atoms with Gasteiger partial charge in [0.25, 0.3) is 0 Å².